The van der Waals surface area contributed by atoms with Crippen LogP contribution in [0.2, 0.25) is 0 Å². The van der Waals surface area contributed by atoms with Crippen LogP contribution in [-0.4, -0.2) is 52.5 Å². The van der Waals surface area contributed by atoms with Crippen molar-refractivity contribution >= 4 is 22.6 Å². The molecule has 1 amide bonds. The Morgan fingerprint density at radius 2 is 1.90 bits per heavy atom. The molecule has 3 N–H and O–H groups in total. The first-order valence-corrected chi connectivity index (χ1v) is 10.1. The number of aromatic nitrogens is 1. The van der Waals surface area contributed by atoms with E-state index in [9.17, 15) is 14.8 Å². The van der Waals surface area contributed by atoms with Crippen molar-refractivity contribution < 1.29 is 24.3 Å². The van der Waals surface area contributed by atoms with E-state index in [0.29, 0.717) is 34.7 Å². The lowest BCUT2D eigenvalue weighted by atomic mass is 10.0. The summed E-state index contributed by atoms with van der Waals surface area (Å²) in [6.45, 7) is 2.21. The van der Waals surface area contributed by atoms with Gasteiger partial charge in [0.05, 0.1) is 16.5 Å². The maximum atomic E-state index is 13.3. The number of benzene rings is 2. The summed E-state index contributed by atoms with van der Waals surface area (Å²) in [5.41, 5.74) is 9.06. The van der Waals surface area contributed by atoms with Gasteiger partial charge in [-0.15, -0.1) is 0 Å². The summed E-state index contributed by atoms with van der Waals surface area (Å²) in [4.78, 5) is 25.1. The van der Waals surface area contributed by atoms with Gasteiger partial charge in [-0.1, -0.05) is 43.3 Å². The molecule has 4 rings (SSSR count). The Kier molecular flexibility index (Phi) is 5.77. The van der Waals surface area contributed by atoms with E-state index < -0.39 is 18.2 Å². The summed E-state index contributed by atoms with van der Waals surface area (Å²) in [6, 6.07) is 15.4. The van der Waals surface area contributed by atoms with Gasteiger partial charge in [0.2, 0.25) is 0 Å². The summed E-state index contributed by atoms with van der Waals surface area (Å²) in [7, 11) is 1.23. The molecule has 0 aliphatic carbocycles. The number of Topliss-reactive ketones (excluding diaryl/α,β-unsaturated/α-hetero) is 1. The van der Waals surface area contributed by atoms with Crippen LogP contribution in [0.4, 0.5) is 0 Å². The maximum Gasteiger partial charge on any atom is 0.283 e. The van der Waals surface area contributed by atoms with Crippen molar-refractivity contribution in [3.05, 3.63) is 65.4 Å². The molecular weight excluding hydrogens is 398 g/mol. The molecule has 2 aromatic carbocycles. The number of nitrogens with zero attached hydrogens (tertiary/aromatic N) is 2. The number of carbonyl (C=O) groups is 2. The quantitative estimate of drug-likeness (QED) is 0.249. The number of hydrogen-bond donors (Lipinski definition) is 2. The van der Waals surface area contributed by atoms with E-state index in [0.717, 1.165) is 16.8 Å². The molecule has 8 heteroatoms. The molecule has 0 radical (unpaired) electrons. The van der Waals surface area contributed by atoms with Gasteiger partial charge in [-0.05, 0) is 24.1 Å². The Hall–Kier alpha value is -3.20. The van der Waals surface area contributed by atoms with Gasteiger partial charge in [0.1, 0.15) is 12.0 Å². The van der Waals surface area contributed by atoms with Crippen LogP contribution in [-0.2, 0) is 22.5 Å². The number of ether oxygens (including phenoxy) is 2. The van der Waals surface area contributed by atoms with Crippen molar-refractivity contribution in [1.29, 1.82) is 0 Å². The zero-order valence-electron chi connectivity index (χ0n) is 17.4. The molecule has 1 aliphatic rings. The minimum absolute atomic E-state index is 0.192. The molecule has 162 valence electrons. The van der Waals surface area contributed by atoms with E-state index in [4.69, 9.17) is 15.2 Å². The zero-order chi connectivity index (χ0) is 22.1. The standard InChI is InChI=1S/C23H25N3O5/c1-3-15-20(21(28)22-23(24)31-22)19-16(26(15)12-14-8-5-4-6-9-14)10-7-11-17(19)30-13-18(27)25(2)29/h4-11,22-23,29H,3,12-13,24H2,1-2H3. The number of hydroxylamine groups is 2. The van der Waals surface area contributed by atoms with Gasteiger partial charge < -0.3 is 19.8 Å². The smallest absolute Gasteiger partial charge is 0.283 e. The highest BCUT2D eigenvalue weighted by Crippen LogP contribution is 2.37. The summed E-state index contributed by atoms with van der Waals surface area (Å²) in [6.07, 6.45) is -0.677. The van der Waals surface area contributed by atoms with Crippen molar-refractivity contribution in [3.8, 4) is 5.75 Å². The monoisotopic (exact) mass is 423 g/mol. The minimum atomic E-state index is -0.681. The Morgan fingerprint density at radius 1 is 1.19 bits per heavy atom. The number of ketones is 1. The van der Waals surface area contributed by atoms with E-state index >= 15 is 0 Å². The van der Waals surface area contributed by atoms with Crippen LogP contribution < -0.4 is 10.5 Å². The molecule has 2 atom stereocenters. The summed E-state index contributed by atoms with van der Waals surface area (Å²) in [5, 5.41) is 10.4. The molecule has 8 nitrogen and oxygen atoms in total. The molecule has 1 saturated heterocycles. The first-order valence-electron chi connectivity index (χ1n) is 10.1. The van der Waals surface area contributed by atoms with Gasteiger partial charge in [0.25, 0.3) is 5.91 Å². The number of nitrogens with two attached hydrogens (primary N) is 1. The number of amides is 1. The van der Waals surface area contributed by atoms with Crippen LogP contribution in [0.5, 0.6) is 5.75 Å². The summed E-state index contributed by atoms with van der Waals surface area (Å²) >= 11 is 0. The maximum absolute atomic E-state index is 13.3. The van der Waals surface area contributed by atoms with Crippen molar-refractivity contribution in [2.24, 2.45) is 5.73 Å². The Labute approximate surface area is 179 Å². The molecular formula is C23H25N3O5. The lowest BCUT2D eigenvalue weighted by Gasteiger charge is -2.12. The number of fused-ring (bicyclic) bond motifs is 1. The summed E-state index contributed by atoms with van der Waals surface area (Å²) in [5.74, 6) is -0.397. The fourth-order valence-electron chi connectivity index (χ4n) is 3.83. The average molecular weight is 423 g/mol. The third-order valence-corrected chi connectivity index (χ3v) is 5.42. The van der Waals surface area contributed by atoms with Gasteiger partial charge >= 0.3 is 0 Å². The van der Waals surface area contributed by atoms with E-state index in [1.807, 2.05) is 49.4 Å². The van der Waals surface area contributed by atoms with Crippen molar-refractivity contribution in [2.45, 2.75) is 32.2 Å². The van der Waals surface area contributed by atoms with Crippen LogP contribution in [0.1, 0.15) is 28.5 Å². The lowest BCUT2D eigenvalue weighted by molar-refractivity contribution is -0.161. The molecule has 1 aromatic heterocycles. The van der Waals surface area contributed by atoms with E-state index in [1.165, 1.54) is 7.05 Å². The second-order valence-corrected chi connectivity index (χ2v) is 7.49. The van der Waals surface area contributed by atoms with Gasteiger partial charge in [-0.2, -0.15) is 0 Å². The summed E-state index contributed by atoms with van der Waals surface area (Å²) < 4.78 is 13.1. The highest BCUT2D eigenvalue weighted by molar-refractivity contribution is 6.14. The Morgan fingerprint density at radius 3 is 2.52 bits per heavy atom. The van der Waals surface area contributed by atoms with E-state index in [-0.39, 0.29) is 12.4 Å². The third kappa shape index (κ3) is 4.05. The van der Waals surface area contributed by atoms with E-state index in [2.05, 4.69) is 4.57 Å². The molecule has 2 heterocycles. The van der Waals surface area contributed by atoms with Crippen molar-refractivity contribution in [1.82, 2.24) is 9.63 Å². The normalized spacial score (nSPS) is 17.5. The predicted molar refractivity (Wildman–Crippen MR) is 114 cm³/mol. The largest absolute Gasteiger partial charge is 0.483 e. The zero-order valence-corrected chi connectivity index (χ0v) is 17.4. The SMILES string of the molecule is CCc1c(C(=O)C2OC2N)c2c(OCC(=O)N(C)O)cccc2n1Cc1ccccc1. The predicted octanol–water partition coefficient (Wildman–Crippen LogP) is 2.34. The van der Waals surface area contributed by atoms with Crippen LogP contribution >= 0.6 is 0 Å². The topological polar surface area (TPSA) is 110 Å². The molecule has 1 fully saturated rings. The average Bonchev–Trinajstić information content (AvgIpc) is 3.42. The first-order chi connectivity index (χ1) is 14.9. The number of epoxide rings is 1. The van der Waals surface area contributed by atoms with Crippen molar-refractivity contribution in [3.63, 3.8) is 0 Å². The Bertz CT molecular complexity index is 1120. The van der Waals surface area contributed by atoms with Crippen LogP contribution in [0.3, 0.4) is 0 Å². The number of hydrogen-bond acceptors (Lipinski definition) is 6. The van der Waals surface area contributed by atoms with Gasteiger partial charge in [0.15, 0.2) is 18.5 Å². The highest BCUT2D eigenvalue weighted by Gasteiger charge is 2.44. The highest BCUT2D eigenvalue weighted by atomic mass is 16.6. The molecule has 31 heavy (non-hydrogen) atoms. The fourth-order valence-corrected chi connectivity index (χ4v) is 3.83. The van der Waals surface area contributed by atoms with Crippen LogP contribution in [0.15, 0.2) is 48.5 Å². The second kappa shape index (κ2) is 8.50. The number of carbonyl (C=O) groups excluding carboxylic acids is 2. The molecule has 0 saturated carbocycles. The fraction of sp³-hybridized carbons (Fsp3) is 0.304. The molecule has 0 bridgehead atoms. The van der Waals surface area contributed by atoms with Crippen LogP contribution in [0, 0.1) is 0 Å². The second-order valence-electron chi connectivity index (χ2n) is 7.49. The van der Waals surface area contributed by atoms with Gasteiger partial charge in [-0.25, -0.2) is 5.06 Å². The molecule has 3 aromatic rings. The van der Waals surface area contributed by atoms with Crippen LogP contribution in [0.25, 0.3) is 10.9 Å². The lowest BCUT2D eigenvalue weighted by Crippen LogP contribution is -2.28. The van der Waals surface area contributed by atoms with E-state index in [1.54, 1.807) is 6.07 Å². The van der Waals surface area contributed by atoms with Gasteiger partial charge in [0, 0.05) is 19.3 Å². The Balaban J connectivity index is 1.86. The molecule has 1 aliphatic heterocycles. The molecule has 2 unspecified atom stereocenters. The third-order valence-electron chi connectivity index (χ3n) is 5.42. The minimum Gasteiger partial charge on any atom is -0.483 e. The number of rotatable bonds is 8. The number of likely N-dealkylation sites (N-methyl/N-ethyl adjacent to an activating group) is 1. The first kappa shape index (κ1) is 21.0. The van der Waals surface area contributed by atoms with Gasteiger partial charge in [-0.3, -0.25) is 14.8 Å². The molecule has 0 spiro atoms. The van der Waals surface area contributed by atoms with Crippen molar-refractivity contribution in [2.75, 3.05) is 13.7 Å².